The average molecular weight is 428 g/mol. The summed E-state index contributed by atoms with van der Waals surface area (Å²) >= 11 is 6.04. The number of para-hydroxylation sites is 2. The largest absolute Gasteiger partial charge is 0.495 e. The third kappa shape index (κ3) is 4.59. The Kier molecular flexibility index (Phi) is 6.22. The van der Waals surface area contributed by atoms with Crippen LogP contribution in [0.15, 0.2) is 42.5 Å². The number of nitrogens with zero attached hydrogens (tertiary/aromatic N) is 4. The number of carbonyl (C=O) groups excluding carboxylic acids is 1. The van der Waals surface area contributed by atoms with Crippen molar-refractivity contribution in [2.45, 2.75) is 6.54 Å². The molecule has 1 aliphatic rings. The lowest BCUT2D eigenvalue weighted by Gasteiger charge is -2.34. The molecule has 30 heavy (non-hydrogen) atoms. The lowest BCUT2D eigenvalue weighted by molar-refractivity contribution is -0.117. The van der Waals surface area contributed by atoms with E-state index in [4.69, 9.17) is 21.3 Å². The van der Waals surface area contributed by atoms with Crippen molar-refractivity contribution in [2.75, 3.05) is 45.2 Å². The van der Waals surface area contributed by atoms with E-state index < -0.39 is 0 Å². The molecule has 2 aromatic carbocycles. The van der Waals surface area contributed by atoms with E-state index in [9.17, 15) is 4.79 Å². The van der Waals surface area contributed by atoms with Crippen LogP contribution < -0.4 is 10.1 Å². The van der Waals surface area contributed by atoms with Gasteiger partial charge < -0.3 is 14.6 Å². The molecular weight excluding hydrogens is 402 g/mol. The zero-order valence-corrected chi connectivity index (χ0v) is 18.0. The van der Waals surface area contributed by atoms with Gasteiger partial charge in [0.05, 0.1) is 36.9 Å². The Bertz CT molecular complexity index is 1040. The van der Waals surface area contributed by atoms with E-state index in [1.165, 1.54) is 0 Å². The first-order valence-corrected chi connectivity index (χ1v) is 10.4. The van der Waals surface area contributed by atoms with Crippen LogP contribution in [0, 0.1) is 0 Å². The minimum atomic E-state index is -0.0700. The summed E-state index contributed by atoms with van der Waals surface area (Å²) in [6.07, 6.45) is 0. The molecule has 4 rings (SSSR count). The molecule has 0 atom stereocenters. The van der Waals surface area contributed by atoms with Crippen LogP contribution in [0.25, 0.3) is 11.0 Å². The summed E-state index contributed by atoms with van der Waals surface area (Å²) in [4.78, 5) is 21.8. The van der Waals surface area contributed by atoms with Crippen molar-refractivity contribution in [2.24, 2.45) is 7.05 Å². The van der Waals surface area contributed by atoms with E-state index >= 15 is 0 Å². The highest BCUT2D eigenvalue weighted by Crippen LogP contribution is 2.27. The number of hydrogen-bond donors (Lipinski definition) is 1. The Hall–Kier alpha value is -2.61. The molecule has 0 saturated carbocycles. The van der Waals surface area contributed by atoms with Gasteiger partial charge in [0.15, 0.2) is 0 Å². The number of rotatable bonds is 6. The first-order chi connectivity index (χ1) is 14.5. The minimum Gasteiger partial charge on any atom is -0.495 e. The molecule has 1 fully saturated rings. The summed E-state index contributed by atoms with van der Waals surface area (Å²) in [5.41, 5.74) is 2.77. The fraction of sp³-hybridized carbons (Fsp3) is 0.364. The Labute approximate surface area is 181 Å². The van der Waals surface area contributed by atoms with Crippen molar-refractivity contribution >= 4 is 34.2 Å². The molecule has 1 saturated heterocycles. The van der Waals surface area contributed by atoms with E-state index in [0.717, 1.165) is 49.6 Å². The van der Waals surface area contributed by atoms with Crippen molar-refractivity contribution in [1.82, 2.24) is 19.4 Å². The van der Waals surface area contributed by atoms with Crippen LogP contribution >= 0.6 is 11.6 Å². The summed E-state index contributed by atoms with van der Waals surface area (Å²) in [7, 11) is 3.64. The molecule has 7 nitrogen and oxygen atoms in total. The molecule has 1 N–H and O–H groups in total. The molecule has 1 aromatic heterocycles. The van der Waals surface area contributed by atoms with Crippen molar-refractivity contribution < 1.29 is 9.53 Å². The van der Waals surface area contributed by atoms with Crippen LogP contribution in [0.3, 0.4) is 0 Å². The second-order valence-corrected chi connectivity index (χ2v) is 7.96. The summed E-state index contributed by atoms with van der Waals surface area (Å²) < 4.78 is 7.45. The number of methoxy groups -OCH3 is 1. The van der Waals surface area contributed by atoms with Gasteiger partial charge in [-0.3, -0.25) is 14.6 Å². The van der Waals surface area contributed by atoms with Gasteiger partial charge in [0.1, 0.15) is 11.6 Å². The van der Waals surface area contributed by atoms with Gasteiger partial charge in [0.25, 0.3) is 0 Å². The maximum atomic E-state index is 12.5. The minimum absolute atomic E-state index is 0.0700. The number of benzene rings is 2. The zero-order valence-electron chi connectivity index (χ0n) is 17.3. The quantitative estimate of drug-likeness (QED) is 0.655. The van der Waals surface area contributed by atoms with E-state index in [1.807, 2.05) is 18.2 Å². The fourth-order valence-corrected chi connectivity index (χ4v) is 3.99. The second-order valence-electron chi connectivity index (χ2n) is 7.52. The lowest BCUT2D eigenvalue weighted by Crippen LogP contribution is -2.48. The molecule has 2 heterocycles. The molecule has 0 spiro atoms. The predicted molar refractivity (Wildman–Crippen MR) is 119 cm³/mol. The average Bonchev–Trinajstić information content (AvgIpc) is 3.05. The normalized spacial score (nSPS) is 15.4. The molecule has 8 heteroatoms. The molecule has 1 aliphatic heterocycles. The van der Waals surface area contributed by atoms with Crippen LogP contribution in [0.1, 0.15) is 5.82 Å². The van der Waals surface area contributed by atoms with Crippen molar-refractivity contribution in [3.8, 4) is 5.75 Å². The van der Waals surface area contributed by atoms with Crippen LogP contribution in [-0.2, 0) is 18.4 Å². The van der Waals surface area contributed by atoms with Crippen LogP contribution in [-0.4, -0.2) is 65.1 Å². The third-order valence-corrected chi connectivity index (χ3v) is 5.75. The number of piperazine rings is 1. The fourth-order valence-electron chi connectivity index (χ4n) is 3.81. The van der Waals surface area contributed by atoms with Gasteiger partial charge in [-0.25, -0.2) is 4.98 Å². The highest BCUT2D eigenvalue weighted by Gasteiger charge is 2.21. The number of hydrogen-bond acceptors (Lipinski definition) is 5. The first kappa shape index (κ1) is 20.7. The van der Waals surface area contributed by atoms with Gasteiger partial charge in [0, 0.05) is 38.2 Å². The SMILES string of the molecule is COc1ccc(Cl)cc1NC(=O)CN1CCN(Cc2nc3ccccc3n2C)CC1. The third-order valence-electron chi connectivity index (χ3n) is 5.51. The van der Waals surface area contributed by atoms with Gasteiger partial charge in [0.2, 0.25) is 5.91 Å². The predicted octanol–water partition coefficient (Wildman–Crippen LogP) is 2.99. The molecule has 0 bridgehead atoms. The number of ether oxygens (including phenoxy) is 1. The number of fused-ring (bicyclic) bond motifs is 1. The van der Waals surface area contributed by atoms with Gasteiger partial charge in [-0.2, -0.15) is 0 Å². The lowest BCUT2D eigenvalue weighted by atomic mass is 10.2. The van der Waals surface area contributed by atoms with Crippen LogP contribution in [0.5, 0.6) is 5.75 Å². The Morgan fingerprint density at radius 1 is 1.13 bits per heavy atom. The molecule has 0 unspecified atom stereocenters. The van der Waals surface area contributed by atoms with Crippen molar-refractivity contribution in [1.29, 1.82) is 0 Å². The number of nitrogens with one attached hydrogen (secondary N) is 1. The van der Waals surface area contributed by atoms with Crippen molar-refractivity contribution in [3.05, 3.63) is 53.3 Å². The number of anilines is 1. The van der Waals surface area contributed by atoms with E-state index in [2.05, 4.69) is 32.8 Å². The van der Waals surface area contributed by atoms with Gasteiger partial charge in [-0.15, -0.1) is 0 Å². The van der Waals surface area contributed by atoms with Gasteiger partial charge in [-0.05, 0) is 30.3 Å². The highest BCUT2D eigenvalue weighted by molar-refractivity contribution is 6.31. The van der Waals surface area contributed by atoms with Gasteiger partial charge >= 0.3 is 0 Å². The summed E-state index contributed by atoms with van der Waals surface area (Å²) in [6.45, 7) is 4.63. The molecule has 0 aliphatic carbocycles. The van der Waals surface area contributed by atoms with E-state index in [-0.39, 0.29) is 5.91 Å². The summed E-state index contributed by atoms with van der Waals surface area (Å²) in [5, 5.41) is 3.46. The monoisotopic (exact) mass is 427 g/mol. The second kappa shape index (κ2) is 9.04. The van der Waals surface area contributed by atoms with Crippen molar-refractivity contribution in [3.63, 3.8) is 0 Å². The summed E-state index contributed by atoms with van der Waals surface area (Å²) in [6, 6.07) is 13.4. The number of aromatic nitrogens is 2. The van der Waals surface area contributed by atoms with Crippen LogP contribution in [0.2, 0.25) is 5.02 Å². The Morgan fingerprint density at radius 3 is 2.60 bits per heavy atom. The molecule has 3 aromatic rings. The van der Waals surface area contributed by atoms with E-state index in [0.29, 0.717) is 23.0 Å². The molecule has 0 radical (unpaired) electrons. The first-order valence-electron chi connectivity index (χ1n) is 10.0. The number of imidazole rings is 1. The number of carbonyl (C=O) groups is 1. The highest BCUT2D eigenvalue weighted by atomic mass is 35.5. The molecule has 1 amide bonds. The molecular formula is C22H26ClN5O2. The maximum absolute atomic E-state index is 12.5. The summed E-state index contributed by atoms with van der Waals surface area (Å²) in [5.74, 6) is 1.59. The van der Waals surface area contributed by atoms with E-state index in [1.54, 1.807) is 25.3 Å². The van der Waals surface area contributed by atoms with Crippen LogP contribution in [0.4, 0.5) is 5.69 Å². The zero-order chi connectivity index (χ0) is 21.1. The van der Waals surface area contributed by atoms with Gasteiger partial charge in [-0.1, -0.05) is 23.7 Å². The molecule has 158 valence electrons. The Morgan fingerprint density at radius 2 is 1.87 bits per heavy atom. The standard InChI is InChI=1S/C22H26ClN5O2/c1-26-19-6-4-3-5-17(19)24-21(26)14-27-9-11-28(12-10-27)15-22(29)25-18-13-16(23)7-8-20(18)30-2/h3-8,13H,9-12,14-15H2,1-2H3,(H,25,29). The smallest absolute Gasteiger partial charge is 0.238 e. The number of halogens is 1. The Balaban J connectivity index is 1.30. The number of amides is 1. The topological polar surface area (TPSA) is 62.6 Å². The number of aryl methyl sites for hydroxylation is 1. The maximum Gasteiger partial charge on any atom is 0.238 e.